The van der Waals surface area contributed by atoms with Gasteiger partial charge in [-0.2, -0.15) is 0 Å². The summed E-state index contributed by atoms with van der Waals surface area (Å²) in [5.74, 6) is 0.498. The number of H-pyrrole nitrogens is 2. The minimum Gasteiger partial charge on any atom is -0.343 e. The van der Waals surface area contributed by atoms with Crippen LogP contribution in [0.1, 0.15) is 43.7 Å². The lowest BCUT2D eigenvalue weighted by molar-refractivity contribution is -0.118. The second-order valence-electron chi connectivity index (χ2n) is 7.17. The topological polar surface area (TPSA) is 77.8 Å². The van der Waals surface area contributed by atoms with E-state index >= 15 is 0 Å². The third kappa shape index (κ3) is 2.15. The zero-order valence-corrected chi connectivity index (χ0v) is 13.2. The molecular weight excluding hydrogens is 290 g/mol. The van der Waals surface area contributed by atoms with Crippen molar-refractivity contribution in [2.75, 3.05) is 5.32 Å². The summed E-state index contributed by atoms with van der Waals surface area (Å²) in [6.45, 7) is 4.20. The van der Waals surface area contributed by atoms with E-state index in [2.05, 4.69) is 29.4 Å². The molecule has 23 heavy (non-hydrogen) atoms. The first-order valence-electron chi connectivity index (χ1n) is 7.85. The zero-order chi connectivity index (χ0) is 16.2. The maximum atomic E-state index is 12.9. The van der Waals surface area contributed by atoms with Crippen LogP contribution in [0, 0.1) is 5.41 Å². The first kappa shape index (κ1) is 14.1. The Morgan fingerprint density at radius 3 is 2.52 bits per heavy atom. The lowest BCUT2D eigenvalue weighted by atomic mass is 9.69. The van der Waals surface area contributed by atoms with Crippen molar-refractivity contribution in [2.45, 2.75) is 32.6 Å². The highest BCUT2D eigenvalue weighted by molar-refractivity contribution is 6.01. The summed E-state index contributed by atoms with van der Waals surface area (Å²) in [6.07, 6.45) is 1.30. The number of allylic oxidation sites excluding steroid dienone is 2. The Morgan fingerprint density at radius 2 is 1.78 bits per heavy atom. The largest absolute Gasteiger partial charge is 0.343 e. The molecule has 1 aliphatic carbocycles. The van der Waals surface area contributed by atoms with Crippen LogP contribution in [0.4, 0.5) is 5.82 Å². The van der Waals surface area contributed by atoms with Gasteiger partial charge in [0.1, 0.15) is 5.82 Å². The van der Waals surface area contributed by atoms with E-state index in [1.54, 1.807) is 0 Å². The van der Waals surface area contributed by atoms with Gasteiger partial charge in [-0.25, -0.2) is 0 Å². The van der Waals surface area contributed by atoms with Crippen molar-refractivity contribution in [3.63, 3.8) is 0 Å². The highest BCUT2D eigenvalue weighted by Crippen LogP contribution is 2.47. The highest BCUT2D eigenvalue weighted by atomic mass is 16.1. The Morgan fingerprint density at radius 1 is 1.04 bits per heavy atom. The molecular formula is C18H19N3O2. The average molecular weight is 309 g/mol. The first-order valence-corrected chi connectivity index (χ1v) is 7.85. The zero-order valence-electron chi connectivity index (χ0n) is 13.2. The summed E-state index contributed by atoms with van der Waals surface area (Å²) >= 11 is 0. The second-order valence-corrected chi connectivity index (χ2v) is 7.17. The minimum absolute atomic E-state index is 0.0712. The van der Waals surface area contributed by atoms with Gasteiger partial charge in [-0.15, -0.1) is 0 Å². The Hall–Kier alpha value is -2.56. The van der Waals surface area contributed by atoms with Crippen LogP contribution in [-0.4, -0.2) is 16.0 Å². The number of rotatable bonds is 1. The molecule has 2 aromatic rings. The molecule has 118 valence electrons. The fourth-order valence-electron chi connectivity index (χ4n) is 3.80. The first-order chi connectivity index (χ1) is 11.0. The molecule has 1 aromatic heterocycles. The van der Waals surface area contributed by atoms with Crippen molar-refractivity contribution >= 4 is 11.6 Å². The van der Waals surface area contributed by atoms with Crippen LogP contribution < -0.4 is 10.9 Å². The standard InChI is InChI=1S/C18H19N3O2/c1-18(2)8-11-14(12(22)9-18)13(10-6-4-3-5-7-10)15-16(19-11)20-21-17(15)23/h3-7,13H,8-9H2,1-2H3,(H3,19,20,21,23)/t13-/m1/s1. The number of aromatic amines is 2. The van der Waals surface area contributed by atoms with Gasteiger partial charge in [0.05, 0.1) is 5.56 Å². The average Bonchev–Trinajstić information content (AvgIpc) is 2.86. The number of anilines is 1. The van der Waals surface area contributed by atoms with Crippen LogP contribution in [0.3, 0.4) is 0 Å². The number of ketones is 1. The van der Waals surface area contributed by atoms with Crippen LogP contribution >= 0.6 is 0 Å². The Labute approximate surface area is 133 Å². The number of benzene rings is 1. The normalized spacial score (nSPS) is 22.3. The summed E-state index contributed by atoms with van der Waals surface area (Å²) in [4.78, 5) is 25.1. The number of carbonyl (C=O) groups is 1. The number of hydrogen-bond acceptors (Lipinski definition) is 3. The van der Waals surface area contributed by atoms with Crippen LogP contribution in [0.25, 0.3) is 0 Å². The van der Waals surface area contributed by atoms with E-state index in [1.807, 2.05) is 30.3 Å². The highest BCUT2D eigenvalue weighted by Gasteiger charge is 2.42. The van der Waals surface area contributed by atoms with Crippen LogP contribution in [0.5, 0.6) is 0 Å². The molecule has 0 radical (unpaired) electrons. The molecule has 1 aromatic carbocycles. The third-order valence-electron chi connectivity index (χ3n) is 4.72. The number of fused-ring (bicyclic) bond motifs is 1. The van der Waals surface area contributed by atoms with Gasteiger partial charge in [0, 0.05) is 23.6 Å². The van der Waals surface area contributed by atoms with E-state index in [1.165, 1.54) is 0 Å². The molecule has 0 fully saturated rings. The molecule has 4 rings (SSSR count). The maximum absolute atomic E-state index is 12.9. The molecule has 0 unspecified atom stereocenters. The molecule has 2 heterocycles. The van der Waals surface area contributed by atoms with Crippen molar-refractivity contribution in [3.05, 3.63) is 63.1 Å². The van der Waals surface area contributed by atoms with E-state index in [4.69, 9.17) is 0 Å². The molecule has 0 saturated heterocycles. The molecule has 5 nitrogen and oxygen atoms in total. The number of carbonyl (C=O) groups excluding carboxylic acids is 1. The van der Waals surface area contributed by atoms with Crippen LogP contribution in [0.2, 0.25) is 0 Å². The fraction of sp³-hybridized carbons (Fsp3) is 0.333. The SMILES string of the molecule is CC1(C)CC(=O)C2=C(C1)Nc1[nH][nH]c(=O)c1[C@@H]2c1ccccc1. The smallest absolute Gasteiger partial charge is 0.270 e. The van der Waals surface area contributed by atoms with Crippen molar-refractivity contribution in [3.8, 4) is 0 Å². The molecule has 0 amide bonds. The van der Waals surface area contributed by atoms with Crippen molar-refractivity contribution < 1.29 is 4.79 Å². The summed E-state index contributed by atoms with van der Waals surface area (Å²) in [5.41, 5.74) is 3.00. The third-order valence-corrected chi connectivity index (χ3v) is 4.72. The molecule has 1 aliphatic heterocycles. The van der Waals surface area contributed by atoms with E-state index < -0.39 is 0 Å². The van der Waals surface area contributed by atoms with Crippen molar-refractivity contribution in [2.24, 2.45) is 5.41 Å². The van der Waals surface area contributed by atoms with Gasteiger partial charge in [0.15, 0.2) is 5.78 Å². The van der Waals surface area contributed by atoms with E-state index in [9.17, 15) is 9.59 Å². The van der Waals surface area contributed by atoms with Gasteiger partial charge in [-0.05, 0) is 17.4 Å². The number of nitrogens with one attached hydrogen (secondary N) is 3. The summed E-state index contributed by atoms with van der Waals surface area (Å²) in [6, 6.07) is 9.77. The Bertz CT molecular complexity index is 871. The molecule has 0 bridgehead atoms. The van der Waals surface area contributed by atoms with Gasteiger partial charge < -0.3 is 5.32 Å². The summed E-state index contributed by atoms with van der Waals surface area (Å²) < 4.78 is 0. The van der Waals surface area contributed by atoms with Crippen LogP contribution in [-0.2, 0) is 4.79 Å². The lowest BCUT2D eigenvalue weighted by Crippen LogP contribution is -2.34. The quantitative estimate of drug-likeness (QED) is 0.758. The lowest BCUT2D eigenvalue weighted by Gasteiger charge is -2.37. The molecule has 0 spiro atoms. The Kier molecular flexibility index (Phi) is 2.88. The minimum atomic E-state index is -0.305. The Balaban J connectivity index is 1.96. The van der Waals surface area contributed by atoms with Gasteiger partial charge >= 0.3 is 0 Å². The molecule has 5 heteroatoms. The molecule has 3 N–H and O–H groups in total. The van der Waals surface area contributed by atoms with Crippen molar-refractivity contribution in [1.82, 2.24) is 10.2 Å². The van der Waals surface area contributed by atoms with E-state index in [0.29, 0.717) is 17.8 Å². The van der Waals surface area contributed by atoms with Gasteiger partial charge in [0.2, 0.25) is 0 Å². The number of hydrogen-bond donors (Lipinski definition) is 3. The molecule has 2 aliphatic rings. The van der Waals surface area contributed by atoms with Crippen LogP contribution in [0.15, 0.2) is 46.4 Å². The van der Waals surface area contributed by atoms with E-state index in [-0.39, 0.29) is 22.7 Å². The number of Topliss-reactive ketones (excluding diaryl/α,β-unsaturated/α-hetero) is 1. The second kappa shape index (κ2) is 4.72. The molecule has 0 saturated carbocycles. The van der Waals surface area contributed by atoms with Gasteiger partial charge in [-0.1, -0.05) is 44.2 Å². The maximum Gasteiger partial charge on any atom is 0.270 e. The van der Waals surface area contributed by atoms with E-state index in [0.717, 1.165) is 23.3 Å². The summed E-state index contributed by atoms with van der Waals surface area (Å²) in [7, 11) is 0. The fourth-order valence-corrected chi connectivity index (χ4v) is 3.80. The predicted molar refractivity (Wildman–Crippen MR) is 88.4 cm³/mol. The van der Waals surface area contributed by atoms with Gasteiger partial charge in [0.25, 0.3) is 5.56 Å². The number of aromatic nitrogens is 2. The monoisotopic (exact) mass is 309 g/mol. The predicted octanol–water partition coefficient (Wildman–Crippen LogP) is 2.90. The molecule has 1 atom stereocenters. The summed E-state index contributed by atoms with van der Waals surface area (Å²) in [5, 5.41) is 8.83. The van der Waals surface area contributed by atoms with Crippen molar-refractivity contribution in [1.29, 1.82) is 0 Å². The van der Waals surface area contributed by atoms with Gasteiger partial charge in [-0.3, -0.25) is 19.8 Å².